The summed E-state index contributed by atoms with van der Waals surface area (Å²) in [5.41, 5.74) is 2.77. The first-order valence-electron chi connectivity index (χ1n) is 10.6. The van der Waals surface area contributed by atoms with Gasteiger partial charge in [0.25, 0.3) is 0 Å². The summed E-state index contributed by atoms with van der Waals surface area (Å²) in [7, 11) is 2.02. The van der Waals surface area contributed by atoms with Crippen LogP contribution in [-0.2, 0) is 11.3 Å². The van der Waals surface area contributed by atoms with E-state index < -0.39 is 0 Å². The lowest BCUT2D eigenvalue weighted by Crippen LogP contribution is -2.33. The van der Waals surface area contributed by atoms with Gasteiger partial charge in [0.15, 0.2) is 5.82 Å². The molecule has 0 bridgehead atoms. The molecular weight excluding hydrogens is 410 g/mol. The molecule has 0 radical (unpaired) electrons. The lowest BCUT2D eigenvalue weighted by atomic mass is 10.1. The normalized spacial score (nSPS) is 16.1. The smallest absolute Gasteiger partial charge is 0.224 e. The van der Waals surface area contributed by atoms with Crippen LogP contribution in [-0.4, -0.2) is 50.8 Å². The summed E-state index contributed by atoms with van der Waals surface area (Å²) in [6.07, 6.45) is 5.94. The van der Waals surface area contributed by atoms with Gasteiger partial charge < -0.3 is 9.80 Å². The van der Waals surface area contributed by atoms with E-state index in [9.17, 15) is 4.79 Å². The summed E-state index contributed by atoms with van der Waals surface area (Å²) in [6.45, 7) is 2.19. The zero-order valence-corrected chi connectivity index (χ0v) is 18.4. The van der Waals surface area contributed by atoms with Crippen LogP contribution < -0.4 is 0 Å². The molecule has 1 atom stereocenters. The molecule has 1 fully saturated rings. The Bertz CT molecular complexity index is 1030. The number of hydrogen-bond acceptors (Lipinski definition) is 5. The van der Waals surface area contributed by atoms with Gasteiger partial charge in [0.2, 0.25) is 5.91 Å². The van der Waals surface area contributed by atoms with Crippen molar-refractivity contribution < 1.29 is 4.79 Å². The molecule has 160 valence electrons. The molecule has 31 heavy (non-hydrogen) atoms. The Balaban J connectivity index is 1.40. The number of nitrogens with zero attached hydrogens (tertiary/aromatic N) is 5. The Morgan fingerprint density at radius 3 is 2.87 bits per heavy atom. The molecule has 0 N–H and O–H groups in total. The van der Waals surface area contributed by atoms with Crippen molar-refractivity contribution >= 4 is 17.5 Å². The lowest BCUT2D eigenvalue weighted by Gasteiger charge is -2.25. The second-order valence-corrected chi connectivity index (χ2v) is 8.31. The van der Waals surface area contributed by atoms with Crippen LogP contribution in [0.3, 0.4) is 0 Å². The van der Waals surface area contributed by atoms with Crippen molar-refractivity contribution in [1.82, 2.24) is 24.8 Å². The molecule has 1 amide bonds. The van der Waals surface area contributed by atoms with E-state index >= 15 is 0 Å². The maximum Gasteiger partial charge on any atom is 0.224 e. The van der Waals surface area contributed by atoms with Crippen LogP contribution in [0.1, 0.15) is 36.7 Å². The summed E-state index contributed by atoms with van der Waals surface area (Å²) >= 11 is 6.12. The van der Waals surface area contributed by atoms with Gasteiger partial charge in [-0.1, -0.05) is 29.8 Å². The Kier molecular flexibility index (Phi) is 6.89. The largest absolute Gasteiger partial charge is 0.334 e. The highest BCUT2D eigenvalue weighted by atomic mass is 35.5. The Morgan fingerprint density at radius 1 is 1.16 bits per heavy atom. The molecule has 0 saturated carbocycles. The molecule has 6 nitrogen and oxygen atoms in total. The number of carbonyl (C=O) groups is 1. The van der Waals surface area contributed by atoms with E-state index in [1.54, 1.807) is 12.4 Å². The SMILES string of the molecule is CN(CCC(=O)N1CCC[C@H]1c1ccnc(-c2cccc(Cl)c2)n1)Cc1ccccn1. The fraction of sp³-hybridized carbons (Fsp3) is 0.333. The van der Waals surface area contributed by atoms with Crippen LogP contribution in [0.25, 0.3) is 11.4 Å². The first kappa shape index (κ1) is 21.4. The fourth-order valence-electron chi connectivity index (χ4n) is 3.97. The molecule has 1 saturated heterocycles. The number of carbonyl (C=O) groups excluding carboxylic acids is 1. The number of halogens is 1. The van der Waals surface area contributed by atoms with E-state index in [1.165, 1.54) is 0 Å². The van der Waals surface area contributed by atoms with Crippen molar-refractivity contribution in [2.24, 2.45) is 0 Å². The molecule has 0 spiro atoms. The molecular formula is C24H26ClN5O. The molecule has 0 aliphatic carbocycles. The molecule has 7 heteroatoms. The Morgan fingerprint density at radius 2 is 2.06 bits per heavy atom. The molecule has 3 aromatic rings. The maximum absolute atomic E-state index is 13.0. The number of amides is 1. The molecule has 1 aromatic carbocycles. The molecule has 1 aliphatic heterocycles. The van der Waals surface area contributed by atoms with E-state index in [2.05, 4.69) is 14.9 Å². The minimum absolute atomic E-state index is 0.00506. The van der Waals surface area contributed by atoms with Gasteiger partial charge >= 0.3 is 0 Å². The van der Waals surface area contributed by atoms with E-state index in [0.717, 1.165) is 42.9 Å². The third kappa shape index (κ3) is 5.46. The molecule has 2 aromatic heterocycles. The van der Waals surface area contributed by atoms with Crippen LogP contribution in [0.2, 0.25) is 5.02 Å². The molecule has 3 heterocycles. The average Bonchev–Trinajstić information content (AvgIpc) is 3.28. The second kappa shape index (κ2) is 9.98. The van der Waals surface area contributed by atoms with E-state index in [0.29, 0.717) is 23.8 Å². The van der Waals surface area contributed by atoms with Gasteiger partial charge in [0, 0.05) is 49.0 Å². The summed E-state index contributed by atoms with van der Waals surface area (Å²) in [5.74, 6) is 0.799. The minimum Gasteiger partial charge on any atom is -0.334 e. The highest BCUT2D eigenvalue weighted by Crippen LogP contribution is 2.32. The zero-order valence-electron chi connectivity index (χ0n) is 17.6. The number of pyridine rings is 1. The van der Waals surface area contributed by atoms with E-state index in [4.69, 9.17) is 16.6 Å². The molecule has 1 aliphatic rings. The van der Waals surface area contributed by atoms with Crippen molar-refractivity contribution in [1.29, 1.82) is 0 Å². The van der Waals surface area contributed by atoms with Crippen LogP contribution in [0.4, 0.5) is 0 Å². The maximum atomic E-state index is 13.0. The van der Waals surface area contributed by atoms with Gasteiger partial charge in [-0.3, -0.25) is 9.78 Å². The number of likely N-dealkylation sites (tertiary alicyclic amines) is 1. The lowest BCUT2D eigenvalue weighted by molar-refractivity contribution is -0.132. The Hall–Kier alpha value is -2.83. The first-order valence-corrected chi connectivity index (χ1v) is 10.9. The van der Waals surface area contributed by atoms with Crippen LogP contribution in [0.5, 0.6) is 0 Å². The number of benzene rings is 1. The highest BCUT2D eigenvalue weighted by Gasteiger charge is 2.31. The van der Waals surface area contributed by atoms with Crippen molar-refractivity contribution in [2.45, 2.75) is 31.8 Å². The van der Waals surface area contributed by atoms with Crippen LogP contribution >= 0.6 is 11.6 Å². The zero-order chi connectivity index (χ0) is 21.6. The van der Waals surface area contributed by atoms with Crippen LogP contribution in [0.15, 0.2) is 60.9 Å². The average molecular weight is 436 g/mol. The van der Waals surface area contributed by atoms with Gasteiger partial charge in [-0.25, -0.2) is 9.97 Å². The first-order chi connectivity index (χ1) is 15.1. The Labute approximate surface area is 187 Å². The fourth-order valence-corrected chi connectivity index (χ4v) is 4.17. The topological polar surface area (TPSA) is 62.2 Å². The standard InChI is InChI=1S/C24H26ClN5O/c1-29(17-20-8-2-3-12-26-20)15-11-23(31)30-14-5-9-22(30)21-10-13-27-24(28-21)18-6-4-7-19(25)16-18/h2-4,6-8,10,12-13,16,22H,5,9,11,14-15,17H2,1H3/t22-/m0/s1. The minimum atomic E-state index is -0.00506. The quantitative estimate of drug-likeness (QED) is 0.551. The number of hydrogen-bond donors (Lipinski definition) is 0. The van der Waals surface area contributed by atoms with Gasteiger partial charge in [0.05, 0.1) is 17.4 Å². The van der Waals surface area contributed by atoms with E-state index in [-0.39, 0.29) is 11.9 Å². The van der Waals surface area contributed by atoms with Gasteiger partial charge in [-0.15, -0.1) is 0 Å². The van der Waals surface area contributed by atoms with Crippen molar-refractivity contribution in [3.63, 3.8) is 0 Å². The summed E-state index contributed by atoms with van der Waals surface area (Å²) in [4.78, 5) is 30.6. The molecule has 0 unspecified atom stereocenters. The molecule has 4 rings (SSSR count). The second-order valence-electron chi connectivity index (χ2n) is 7.87. The van der Waals surface area contributed by atoms with Crippen LogP contribution in [0, 0.1) is 0 Å². The van der Waals surface area contributed by atoms with Gasteiger partial charge in [-0.05, 0) is 50.2 Å². The third-order valence-corrected chi connectivity index (χ3v) is 5.78. The summed E-state index contributed by atoms with van der Waals surface area (Å²) in [6, 6.07) is 15.3. The predicted molar refractivity (Wildman–Crippen MR) is 121 cm³/mol. The summed E-state index contributed by atoms with van der Waals surface area (Å²) in [5, 5.41) is 0.652. The summed E-state index contributed by atoms with van der Waals surface area (Å²) < 4.78 is 0. The third-order valence-electron chi connectivity index (χ3n) is 5.54. The number of rotatable bonds is 7. The predicted octanol–water partition coefficient (Wildman–Crippen LogP) is 4.38. The van der Waals surface area contributed by atoms with Gasteiger partial charge in [0.1, 0.15) is 0 Å². The van der Waals surface area contributed by atoms with Crippen molar-refractivity contribution in [3.05, 3.63) is 77.3 Å². The monoisotopic (exact) mass is 435 g/mol. The van der Waals surface area contributed by atoms with Gasteiger partial charge in [-0.2, -0.15) is 0 Å². The number of aromatic nitrogens is 3. The van der Waals surface area contributed by atoms with E-state index in [1.807, 2.05) is 60.5 Å². The van der Waals surface area contributed by atoms with Crippen molar-refractivity contribution in [3.8, 4) is 11.4 Å². The van der Waals surface area contributed by atoms with Crippen molar-refractivity contribution in [2.75, 3.05) is 20.1 Å². The highest BCUT2D eigenvalue weighted by molar-refractivity contribution is 6.30.